The van der Waals surface area contributed by atoms with Crippen molar-refractivity contribution < 1.29 is 0 Å². The maximum absolute atomic E-state index is 6.06. The minimum absolute atomic E-state index is 0.527. The smallest absolute Gasteiger partial charge is 0.142 e. The largest absolute Gasteiger partial charge is 0.346 e. The second-order valence-corrected chi connectivity index (χ2v) is 4.33. The average Bonchev–Trinajstić information content (AvgIpc) is 2.90. The number of hydrogen-bond donors (Lipinski definition) is 2. The number of hydrogen-bond acceptors (Lipinski definition) is 3. The number of nitrogens with zero attached hydrogens (tertiary/aromatic N) is 2. The molecule has 1 aliphatic carbocycles. The van der Waals surface area contributed by atoms with Crippen molar-refractivity contribution in [2.45, 2.75) is 12.3 Å². The summed E-state index contributed by atoms with van der Waals surface area (Å²) in [5, 5.41) is 1.49. The van der Waals surface area contributed by atoms with Crippen LogP contribution < -0.4 is 5.73 Å². The number of fused-ring (bicyclic) bond motifs is 1. The maximum atomic E-state index is 6.06. The maximum Gasteiger partial charge on any atom is 0.142 e. The van der Waals surface area contributed by atoms with Crippen LogP contribution in [0, 0.1) is 5.92 Å². The van der Waals surface area contributed by atoms with Crippen LogP contribution in [0.3, 0.4) is 0 Å². The molecule has 3 N–H and O–H groups in total. The fourth-order valence-corrected chi connectivity index (χ4v) is 2.37. The van der Waals surface area contributed by atoms with Crippen molar-refractivity contribution in [2.24, 2.45) is 11.7 Å². The summed E-state index contributed by atoms with van der Waals surface area (Å²) in [4.78, 5) is 11.3. The van der Waals surface area contributed by atoms with E-state index >= 15 is 0 Å². The van der Waals surface area contributed by atoms with Crippen molar-refractivity contribution in [2.75, 3.05) is 6.54 Å². The van der Waals surface area contributed by atoms with E-state index in [0.717, 1.165) is 24.0 Å². The van der Waals surface area contributed by atoms with Gasteiger partial charge in [-0.1, -0.05) is 11.6 Å². The molecule has 0 amide bonds. The fraction of sp³-hybridized carbons (Fsp3) is 0.400. The van der Waals surface area contributed by atoms with Gasteiger partial charge in [0.15, 0.2) is 0 Å². The molecule has 3 rings (SSSR count). The van der Waals surface area contributed by atoms with Gasteiger partial charge >= 0.3 is 0 Å². The SMILES string of the molecule is NC[C@@H]1C[C@H]1c1c[nH]c2ncnc(Cl)c12. The Hall–Kier alpha value is -1.13. The van der Waals surface area contributed by atoms with E-state index in [4.69, 9.17) is 17.3 Å². The summed E-state index contributed by atoms with van der Waals surface area (Å²) in [6, 6.07) is 0. The van der Waals surface area contributed by atoms with E-state index in [-0.39, 0.29) is 0 Å². The second-order valence-electron chi connectivity index (χ2n) is 3.97. The number of aromatic nitrogens is 3. The van der Waals surface area contributed by atoms with Crippen molar-refractivity contribution in [1.29, 1.82) is 0 Å². The van der Waals surface area contributed by atoms with Gasteiger partial charge in [0.2, 0.25) is 0 Å². The molecule has 0 aromatic carbocycles. The van der Waals surface area contributed by atoms with Crippen LogP contribution in [0.4, 0.5) is 0 Å². The monoisotopic (exact) mass is 222 g/mol. The van der Waals surface area contributed by atoms with Crippen molar-refractivity contribution in [3.63, 3.8) is 0 Å². The van der Waals surface area contributed by atoms with Gasteiger partial charge in [-0.3, -0.25) is 0 Å². The summed E-state index contributed by atoms with van der Waals surface area (Å²) in [5.74, 6) is 1.13. The van der Waals surface area contributed by atoms with E-state index in [1.54, 1.807) is 0 Å². The highest BCUT2D eigenvalue weighted by Crippen LogP contribution is 2.49. The average molecular weight is 223 g/mol. The Morgan fingerprint density at radius 2 is 2.40 bits per heavy atom. The normalized spacial score (nSPS) is 24.7. The van der Waals surface area contributed by atoms with Crippen LogP contribution in [0.5, 0.6) is 0 Å². The van der Waals surface area contributed by atoms with E-state index in [9.17, 15) is 0 Å². The summed E-state index contributed by atoms with van der Waals surface area (Å²) in [6.07, 6.45) is 4.60. The molecule has 2 heterocycles. The van der Waals surface area contributed by atoms with Crippen molar-refractivity contribution in [3.8, 4) is 0 Å². The lowest BCUT2D eigenvalue weighted by molar-refractivity contribution is 0.812. The Morgan fingerprint density at radius 3 is 3.13 bits per heavy atom. The van der Waals surface area contributed by atoms with Gasteiger partial charge in [-0.2, -0.15) is 0 Å². The lowest BCUT2D eigenvalue weighted by Crippen LogP contribution is -2.01. The van der Waals surface area contributed by atoms with Crippen molar-refractivity contribution >= 4 is 22.6 Å². The molecule has 0 aliphatic heterocycles. The third-order valence-electron chi connectivity index (χ3n) is 3.08. The summed E-state index contributed by atoms with van der Waals surface area (Å²) < 4.78 is 0. The first-order valence-electron chi connectivity index (χ1n) is 4.98. The second kappa shape index (κ2) is 3.18. The Morgan fingerprint density at radius 1 is 1.53 bits per heavy atom. The van der Waals surface area contributed by atoms with Crippen LogP contribution >= 0.6 is 11.6 Å². The van der Waals surface area contributed by atoms with Gasteiger partial charge in [0.1, 0.15) is 17.1 Å². The van der Waals surface area contributed by atoms with Crippen LogP contribution in [-0.4, -0.2) is 21.5 Å². The zero-order valence-electron chi connectivity index (χ0n) is 8.07. The van der Waals surface area contributed by atoms with Crippen LogP contribution in [-0.2, 0) is 0 Å². The standard InChI is InChI=1S/C10H11ClN4/c11-9-8-7(6-1-5(6)2-12)3-13-10(8)15-4-14-9/h3-6H,1-2,12H2,(H,13,14,15)/t5-,6+/m0/s1. The first kappa shape index (κ1) is 9.12. The zero-order valence-corrected chi connectivity index (χ0v) is 8.83. The highest BCUT2D eigenvalue weighted by atomic mass is 35.5. The molecule has 2 aromatic heterocycles. The molecular formula is C10H11ClN4. The molecule has 1 saturated carbocycles. The molecule has 78 valence electrons. The number of rotatable bonds is 2. The van der Waals surface area contributed by atoms with Gasteiger partial charge < -0.3 is 10.7 Å². The number of H-pyrrole nitrogens is 1. The van der Waals surface area contributed by atoms with Crippen LogP contribution in [0.1, 0.15) is 17.9 Å². The molecule has 1 fully saturated rings. The van der Waals surface area contributed by atoms with E-state index in [2.05, 4.69) is 15.0 Å². The van der Waals surface area contributed by atoms with Gasteiger partial charge in [-0.05, 0) is 30.4 Å². The highest BCUT2D eigenvalue weighted by Gasteiger charge is 2.39. The fourth-order valence-electron chi connectivity index (χ4n) is 2.13. The first-order valence-corrected chi connectivity index (χ1v) is 5.36. The minimum Gasteiger partial charge on any atom is -0.346 e. The number of nitrogens with two attached hydrogens (primary N) is 1. The third kappa shape index (κ3) is 1.33. The van der Waals surface area contributed by atoms with E-state index in [1.807, 2.05) is 6.20 Å². The Bertz CT molecular complexity index is 507. The first-order chi connectivity index (χ1) is 7.31. The Kier molecular flexibility index (Phi) is 1.94. The molecule has 2 atom stereocenters. The summed E-state index contributed by atoms with van der Waals surface area (Å²) >= 11 is 6.06. The number of halogens is 1. The summed E-state index contributed by atoms with van der Waals surface area (Å²) in [6.45, 7) is 0.739. The van der Waals surface area contributed by atoms with Gasteiger partial charge in [-0.25, -0.2) is 9.97 Å². The topological polar surface area (TPSA) is 67.6 Å². The lowest BCUT2D eigenvalue weighted by Gasteiger charge is -1.97. The molecule has 0 saturated heterocycles. The third-order valence-corrected chi connectivity index (χ3v) is 3.37. The molecule has 5 heteroatoms. The predicted molar refractivity (Wildman–Crippen MR) is 58.8 cm³/mol. The quantitative estimate of drug-likeness (QED) is 0.760. The number of nitrogens with one attached hydrogen (secondary N) is 1. The molecule has 0 unspecified atom stereocenters. The number of aromatic amines is 1. The van der Waals surface area contributed by atoms with Gasteiger partial charge in [0.25, 0.3) is 0 Å². The molecule has 0 radical (unpaired) electrons. The zero-order chi connectivity index (χ0) is 10.4. The summed E-state index contributed by atoms with van der Waals surface area (Å²) in [7, 11) is 0. The molecule has 4 nitrogen and oxygen atoms in total. The highest BCUT2D eigenvalue weighted by molar-refractivity contribution is 6.34. The van der Waals surface area contributed by atoms with Crippen LogP contribution in [0.15, 0.2) is 12.5 Å². The van der Waals surface area contributed by atoms with Crippen LogP contribution in [0.2, 0.25) is 5.15 Å². The van der Waals surface area contributed by atoms with E-state index in [1.165, 1.54) is 11.9 Å². The van der Waals surface area contributed by atoms with Crippen molar-refractivity contribution in [1.82, 2.24) is 15.0 Å². The molecule has 2 aromatic rings. The van der Waals surface area contributed by atoms with E-state index in [0.29, 0.717) is 17.0 Å². The summed E-state index contributed by atoms with van der Waals surface area (Å²) in [5.41, 5.74) is 7.66. The molecule has 0 bridgehead atoms. The molecule has 0 spiro atoms. The van der Waals surface area contributed by atoms with Gasteiger partial charge in [0.05, 0.1) is 5.39 Å². The molecule has 1 aliphatic rings. The van der Waals surface area contributed by atoms with E-state index < -0.39 is 0 Å². The minimum atomic E-state index is 0.527. The van der Waals surface area contributed by atoms with Gasteiger partial charge in [-0.15, -0.1) is 0 Å². The Labute approximate surface area is 91.9 Å². The van der Waals surface area contributed by atoms with Crippen LogP contribution in [0.25, 0.3) is 11.0 Å². The molecule has 15 heavy (non-hydrogen) atoms. The van der Waals surface area contributed by atoms with Crippen molar-refractivity contribution in [3.05, 3.63) is 23.2 Å². The lowest BCUT2D eigenvalue weighted by atomic mass is 10.1. The Balaban J connectivity index is 2.12. The van der Waals surface area contributed by atoms with Gasteiger partial charge in [0, 0.05) is 6.20 Å². The predicted octanol–water partition coefficient (Wildman–Crippen LogP) is 1.67. The molecular weight excluding hydrogens is 212 g/mol.